The Balaban J connectivity index is 1.34. The summed E-state index contributed by atoms with van der Waals surface area (Å²) in [5.41, 5.74) is -1.95. The highest BCUT2D eigenvalue weighted by Gasteiger charge is 2.68. The number of nitrogens with one attached hydrogen (secondary N) is 1. The zero-order valence-electron chi connectivity index (χ0n) is 24.1. The molecule has 0 aromatic heterocycles. The molecule has 232 valence electrons. The van der Waals surface area contributed by atoms with Crippen LogP contribution in [0.1, 0.15) is 84.5 Å². The second-order valence-electron chi connectivity index (χ2n) is 13.0. The minimum atomic E-state index is -1.81. The number of esters is 1. The number of carbonyl (C=O) groups excluding carboxylic acids is 4. The van der Waals surface area contributed by atoms with Crippen molar-refractivity contribution in [1.29, 1.82) is 0 Å². The second-order valence-corrected chi connectivity index (χ2v) is 13.0. The zero-order valence-corrected chi connectivity index (χ0v) is 24.1. The van der Waals surface area contributed by atoms with E-state index in [1.54, 1.807) is 6.08 Å². The maximum absolute atomic E-state index is 13.4. The number of aliphatic hydroxyl groups excluding tert-OH is 1. The van der Waals surface area contributed by atoms with Crippen LogP contribution < -0.4 is 5.32 Å². The Morgan fingerprint density at radius 2 is 1.76 bits per heavy atom. The summed E-state index contributed by atoms with van der Waals surface area (Å²) >= 11 is 0. The molecule has 0 heterocycles. The molecule has 42 heavy (non-hydrogen) atoms. The Hall–Kier alpha value is -3.12. The number of carboxylic acid groups (broad SMARTS) is 2. The van der Waals surface area contributed by atoms with Crippen LogP contribution in [0, 0.1) is 28.6 Å². The van der Waals surface area contributed by atoms with E-state index in [1.165, 1.54) is 0 Å². The molecule has 4 rings (SSSR count). The smallest absolute Gasteiger partial charge is 0.326 e. The molecule has 3 fully saturated rings. The minimum Gasteiger partial charge on any atom is -0.481 e. The first-order valence-electron chi connectivity index (χ1n) is 14.7. The summed E-state index contributed by atoms with van der Waals surface area (Å²) in [6.45, 7) is 3.25. The van der Waals surface area contributed by atoms with E-state index < -0.39 is 78.6 Å². The lowest BCUT2D eigenvalue weighted by molar-refractivity contribution is -0.184. The van der Waals surface area contributed by atoms with Crippen molar-refractivity contribution in [3.63, 3.8) is 0 Å². The number of ether oxygens (including phenoxy) is 1. The van der Waals surface area contributed by atoms with Gasteiger partial charge in [0.2, 0.25) is 11.7 Å². The van der Waals surface area contributed by atoms with Crippen LogP contribution in [0.15, 0.2) is 11.6 Å². The fourth-order valence-corrected chi connectivity index (χ4v) is 8.50. The van der Waals surface area contributed by atoms with Crippen LogP contribution in [0.5, 0.6) is 0 Å². The molecule has 0 radical (unpaired) electrons. The normalized spacial score (nSPS) is 36.0. The van der Waals surface area contributed by atoms with E-state index >= 15 is 0 Å². The van der Waals surface area contributed by atoms with Gasteiger partial charge in [-0.1, -0.05) is 19.4 Å². The fraction of sp³-hybridized carbons (Fsp3) is 0.733. The van der Waals surface area contributed by atoms with Crippen LogP contribution in [0.2, 0.25) is 0 Å². The summed E-state index contributed by atoms with van der Waals surface area (Å²) in [6, 6.07) is -1.42. The summed E-state index contributed by atoms with van der Waals surface area (Å²) < 4.78 is 5.09. The molecule has 12 nitrogen and oxygen atoms in total. The Labute approximate surface area is 243 Å². The molecule has 12 heteroatoms. The number of amides is 1. The van der Waals surface area contributed by atoms with Crippen LogP contribution in [-0.4, -0.2) is 80.2 Å². The van der Waals surface area contributed by atoms with Gasteiger partial charge in [0.1, 0.15) is 11.6 Å². The van der Waals surface area contributed by atoms with Gasteiger partial charge in [0.15, 0.2) is 12.4 Å². The molecule has 5 N–H and O–H groups in total. The lowest BCUT2D eigenvalue weighted by Gasteiger charge is -2.60. The highest BCUT2D eigenvalue weighted by atomic mass is 16.5. The number of carbonyl (C=O) groups is 6. The van der Waals surface area contributed by atoms with Crippen molar-refractivity contribution in [2.75, 3.05) is 6.61 Å². The van der Waals surface area contributed by atoms with Crippen LogP contribution in [-0.2, 0) is 33.5 Å². The molecule has 0 spiro atoms. The SMILES string of the molecule is C[C@]12CCC(=O)C=C1CC[C@@H]1[C@@H]2[C@H](O)C[C@@]2(C)[C@H]1CC[C@]2(O)C(=O)COC(=O)CCC(=O)N[C@@H](CCC(=O)O)C(=O)O. The van der Waals surface area contributed by atoms with Gasteiger partial charge >= 0.3 is 17.9 Å². The van der Waals surface area contributed by atoms with Gasteiger partial charge in [-0.2, -0.15) is 0 Å². The Morgan fingerprint density at radius 1 is 1.05 bits per heavy atom. The summed E-state index contributed by atoms with van der Waals surface area (Å²) in [4.78, 5) is 71.8. The lowest BCUT2D eigenvalue weighted by atomic mass is 9.45. The topological polar surface area (TPSA) is 205 Å². The average molecular weight is 592 g/mol. The third kappa shape index (κ3) is 5.75. The van der Waals surface area contributed by atoms with Gasteiger partial charge in [-0.15, -0.1) is 0 Å². The molecular weight excluding hydrogens is 550 g/mol. The van der Waals surface area contributed by atoms with Crippen molar-refractivity contribution in [1.82, 2.24) is 5.32 Å². The molecule has 0 aromatic carbocycles. The number of carboxylic acids is 2. The van der Waals surface area contributed by atoms with Crippen molar-refractivity contribution in [2.45, 2.75) is 102 Å². The highest BCUT2D eigenvalue weighted by molar-refractivity contribution is 5.92. The fourth-order valence-electron chi connectivity index (χ4n) is 8.50. The highest BCUT2D eigenvalue weighted by Crippen LogP contribution is 2.67. The molecule has 3 saturated carbocycles. The third-order valence-electron chi connectivity index (χ3n) is 10.7. The minimum absolute atomic E-state index is 0.0291. The Kier molecular flexibility index (Phi) is 8.99. The number of Topliss-reactive ketones (excluding diaryl/α,β-unsaturated/α-hetero) is 1. The van der Waals surface area contributed by atoms with E-state index in [-0.39, 0.29) is 48.2 Å². The van der Waals surface area contributed by atoms with Crippen molar-refractivity contribution in [3.8, 4) is 0 Å². The lowest BCUT2D eigenvalue weighted by Crippen LogP contribution is -2.62. The van der Waals surface area contributed by atoms with Gasteiger partial charge in [0, 0.05) is 24.7 Å². The molecule has 8 atom stereocenters. The van der Waals surface area contributed by atoms with Crippen molar-refractivity contribution in [2.24, 2.45) is 28.6 Å². The maximum atomic E-state index is 13.4. The van der Waals surface area contributed by atoms with Gasteiger partial charge in [-0.05, 0) is 74.2 Å². The molecule has 1 amide bonds. The van der Waals surface area contributed by atoms with E-state index in [0.29, 0.717) is 19.3 Å². The largest absolute Gasteiger partial charge is 0.481 e. The maximum Gasteiger partial charge on any atom is 0.326 e. The van der Waals surface area contributed by atoms with Crippen molar-refractivity contribution >= 4 is 35.4 Å². The van der Waals surface area contributed by atoms with Gasteiger partial charge < -0.3 is 30.5 Å². The number of aliphatic carboxylic acids is 2. The number of allylic oxidation sites excluding steroid dienone is 1. The van der Waals surface area contributed by atoms with E-state index in [2.05, 4.69) is 12.2 Å². The average Bonchev–Trinajstić information content (AvgIpc) is 3.19. The predicted octanol–water partition coefficient (Wildman–Crippen LogP) is 1.55. The number of rotatable bonds is 11. The number of ketones is 2. The van der Waals surface area contributed by atoms with Crippen molar-refractivity contribution < 1.29 is 53.9 Å². The molecule has 0 bridgehead atoms. The standard InChI is InChI=1S/C30H41NO11/c1-28-11-9-17(32)13-16(28)3-4-18-19-10-12-30(41,29(19,2)14-21(33)26(18)28)22(34)15-42-25(38)8-6-23(35)31-20(27(39)40)5-7-24(36)37/h13,18-21,26,33,41H,3-12,14-15H2,1-2H3,(H,31,35)(H,36,37)(H,39,40)/t18-,19-,20-,21+,26+,28-,29-,30-/m0/s1. The second kappa shape index (κ2) is 11.9. The summed E-state index contributed by atoms with van der Waals surface area (Å²) in [7, 11) is 0. The monoisotopic (exact) mass is 591 g/mol. The summed E-state index contributed by atoms with van der Waals surface area (Å²) in [5.74, 6) is -4.86. The number of aliphatic hydroxyl groups is 2. The summed E-state index contributed by atoms with van der Waals surface area (Å²) in [5, 5.41) is 43.3. The van der Waals surface area contributed by atoms with Gasteiger partial charge in [0.05, 0.1) is 12.5 Å². The number of hydrogen-bond donors (Lipinski definition) is 5. The van der Waals surface area contributed by atoms with Crippen LogP contribution in [0.4, 0.5) is 0 Å². The van der Waals surface area contributed by atoms with Gasteiger partial charge in [-0.3, -0.25) is 24.0 Å². The first-order chi connectivity index (χ1) is 19.6. The van der Waals surface area contributed by atoms with Crippen LogP contribution in [0.25, 0.3) is 0 Å². The predicted molar refractivity (Wildman–Crippen MR) is 145 cm³/mol. The van der Waals surface area contributed by atoms with E-state index in [0.717, 1.165) is 18.4 Å². The molecule has 0 unspecified atom stereocenters. The number of hydrogen-bond acceptors (Lipinski definition) is 9. The number of fused-ring (bicyclic) bond motifs is 5. The van der Waals surface area contributed by atoms with Gasteiger partial charge in [-0.25, -0.2) is 4.79 Å². The van der Waals surface area contributed by atoms with E-state index in [1.807, 2.05) is 6.92 Å². The van der Waals surface area contributed by atoms with Gasteiger partial charge in [0.25, 0.3) is 0 Å². The molecule has 0 aromatic rings. The van der Waals surface area contributed by atoms with Crippen LogP contribution >= 0.6 is 0 Å². The summed E-state index contributed by atoms with van der Waals surface area (Å²) in [6.07, 6.45) is 2.91. The van der Waals surface area contributed by atoms with Crippen molar-refractivity contribution in [3.05, 3.63) is 11.6 Å². The molecule has 0 saturated heterocycles. The Bertz CT molecular complexity index is 1200. The van der Waals surface area contributed by atoms with E-state index in [4.69, 9.17) is 14.9 Å². The molecule has 4 aliphatic carbocycles. The third-order valence-corrected chi connectivity index (χ3v) is 10.7. The Morgan fingerprint density at radius 3 is 2.43 bits per heavy atom. The van der Waals surface area contributed by atoms with Crippen LogP contribution in [0.3, 0.4) is 0 Å². The molecule has 4 aliphatic rings. The zero-order chi connectivity index (χ0) is 31.0. The first kappa shape index (κ1) is 31.8. The first-order valence-corrected chi connectivity index (χ1v) is 14.7. The quantitative estimate of drug-likeness (QED) is 0.218. The molecule has 0 aliphatic heterocycles. The van der Waals surface area contributed by atoms with E-state index in [9.17, 15) is 39.0 Å². The molecular formula is C30H41NO11.